The summed E-state index contributed by atoms with van der Waals surface area (Å²) >= 11 is 1.30. The summed E-state index contributed by atoms with van der Waals surface area (Å²) in [6.07, 6.45) is 0. The van der Waals surface area contributed by atoms with Crippen LogP contribution in [0.25, 0.3) is 0 Å². The van der Waals surface area contributed by atoms with Crippen LogP contribution in [0.2, 0.25) is 6.86 Å². The maximum absolute atomic E-state index is 2.42. The van der Waals surface area contributed by atoms with Crippen LogP contribution in [0.15, 0.2) is 11.4 Å². The second-order valence-corrected chi connectivity index (χ2v) is 20.8. The van der Waals surface area contributed by atoms with Crippen LogP contribution in [0, 0.1) is 0 Å². The summed E-state index contributed by atoms with van der Waals surface area (Å²) in [6.45, 7) is 14.4. The predicted octanol–water partition coefficient (Wildman–Crippen LogP) is 2.84. The Balaban J connectivity index is 2.79. The van der Waals surface area contributed by atoms with Crippen molar-refractivity contribution in [1.82, 2.24) is 0 Å². The first-order valence-electron chi connectivity index (χ1n) is 5.31. The fourth-order valence-electron chi connectivity index (χ4n) is 1.25. The zero-order valence-electron chi connectivity index (χ0n) is 10.6. The minimum atomic E-state index is -0.370. The summed E-state index contributed by atoms with van der Waals surface area (Å²) in [5.74, 6) is 0. The quantitative estimate of drug-likeness (QED) is 0.629. The van der Waals surface area contributed by atoms with Crippen molar-refractivity contribution in [2.24, 2.45) is 0 Å². The van der Waals surface area contributed by atoms with Gasteiger partial charge in [-0.2, -0.15) is 0 Å². The van der Waals surface area contributed by atoms with E-state index in [4.69, 9.17) is 0 Å². The van der Waals surface area contributed by atoms with Gasteiger partial charge in [0.25, 0.3) is 0 Å². The average molecular weight is 434 g/mol. The Bertz CT molecular complexity index is 285. The molecular formula is C12H20SSn2. The maximum atomic E-state index is 2.42. The molecule has 0 saturated heterocycles. The first kappa shape index (κ1) is 14.4. The molecule has 1 heterocycles. The van der Waals surface area contributed by atoms with Gasteiger partial charge in [-0.3, -0.25) is 0 Å². The molecule has 0 amide bonds. The van der Waals surface area contributed by atoms with Crippen LogP contribution in [0.3, 0.4) is 0 Å². The second-order valence-electron chi connectivity index (χ2n) is 5.91. The van der Waals surface area contributed by atoms with Crippen LogP contribution >= 0.6 is 11.3 Å². The molecule has 1 rings (SSSR count). The SMILES string of the molecule is C[C](C)(C)[Sn][c]1ccs[c]1[Sn][C](C)(C)C. The second kappa shape index (κ2) is 5.30. The molecule has 1 aromatic heterocycles. The Kier molecular flexibility index (Phi) is 5.07. The molecule has 82 valence electrons. The molecule has 0 unspecified atom stereocenters. The van der Waals surface area contributed by atoms with Gasteiger partial charge in [-0.15, -0.1) is 0 Å². The van der Waals surface area contributed by atoms with Crippen molar-refractivity contribution in [2.45, 2.75) is 48.4 Å². The predicted molar refractivity (Wildman–Crippen MR) is 74.5 cm³/mol. The molecule has 0 nitrogen and oxygen atoms in total. The van der Waals surface area contributed by atoms with Crippen molar-refractivity contribution in [3.63, 3.8) is 0 Å². The average Bonchev–Trinajstić information content (AvgIpc) is 2.29. The van der Waals surface area contributed by atoms with Gasteiger partial charge < -0.3 is 0 Å². The van der Waals surface area contributed by atoms with Crippen molar-refractivity contribution in [3.8, 4) is 0 Å². The van der Waals surface area contributed by atoms with Gasteiger partial charge in [0.15, 0.2) is 0 Å². The van der Waals surface area contributed by atoms with Gasteiger partial charge in [0.05, 0.1) is 0 Å². The van der Waals surface area contributed by atoms with Crippen LogP contribution in [0.4, 0.5) is 0 Å². The zero-order chi connectivity index (χ0) is 11.7. The summed E-state index contributed by atoms with van der Waals surface area (Å²) in [5.41, 5.74) is 0. The summed E-state index contributed by atoms with van der Waals surface area (Å²) < 4.78 is 4.82. The molecule has 0 aliphatic rings. The molecule has 0 fully saturated rings. The molecule has 4 radical (unpaired) electrons. The molecule has 0 N–H and O–H groups in total. The molecule has 0 aliphatic carbocycles. The van der Waals surface area contributed by atoms with Gasteiger partial charge in [0.1, 0.15) is 0 Å². The normalized spacial score (nSPS) is 13.2. The molecule has 0 aromatic carbocycles. The van der Waals surface area contributed by atoms with Crippen molar-refractivity contribution in [3.05, 3.63) is 11.4 Å². The molecule has 0 bridgehead atoms. The fraction of sp³-hybridized carbons (Fsp3) is 0.667. The van der Waals surface area contributed by atoms with Gasteiger partial charge in [-0.25, -0.2) is 0 Å². The van der Waals surface area contributed by atoms with Gasteiger partial charge in [-0.1, -0.05) is 0 Å². The fourth-order valence-corrected chi connectivity index (χ4v) is 14.2. The van der Waals surface area contributed by atoms with Crippen LogP contribution < -0.4 is 6.47 Å². The summed E-state index contributed by atoms with van der Waals surface area (Å²) in [4.78, 5) is 0. The van der Waals surface area contributed by atoms with E-state index in [-0.39, 0.29) is 42.3 Å². The zero-order valence-corrected chi connectivity index (χ0v) is 17.1. The third kappa shape index (κ3) is 5.96. The first-order valence-corrected chi connectivity index (χ1v) is 11.9. The molecule has 0 spiro atoms. The Morgan fingerprint density at radius 3 is 1.93 bits per heavy atom. The third-order valence-electron chi connectivity index (χ3n) is 1.66. The van der Waals surface area contributed by atoms with E-state index < -0.39 is 0 Å². The van der Waals surface area contributed by atoms with E-state index in [1.165, 1.54) is 0 Å². The molecule has 15 heavy (non-hydrogen) atoms. The first-order chi connectivity index (χ1) is 6.67. The molecule has 0 saturated carbocycles. The molecule has 3 heteroatoms. The van der Waals surface area contributed by atoms with Gasteiger partial charge in [-0.05, 0) is 0 Å². The van der Waals surface area contributed by atoms with E-state index >= 15 is 0 Å². The molecule has 0 atom stereocenters. The molecule has 1 aromatic rings. The van der Waals surface area contributed by atoms with Crippen LogP contribution in [-0.4, -0.2) is 42.3 Å². The van der Waals surface area contributed by atoms with Crippen molar-refractivity contribution < 1.29 is 0 Å². The Labute approximate surface area is 119 Å². The minimum absolute atomic E-state index is 0.362. The van der Waals surface area contributed by atoms with Crippen molar-refractivity contribution >= 4 is 60.1 Å². The van der Waals surface area contributed by atoms with Crippen LogP contribution in [0.1, 0.15) is 41.5 Å². The standard InChI is InChI=1S/C4H2S.2C4H9.2Sn/c1-2-4-5-3-1;2*1-4(2)3;;/h1,3H;2*1-3H3;;. The summed E-state index contributed by atoms with van der Waals surface area (Å²) in [5, 5.41) is 2.32. The van der Waals surface area contributed by atoms with Crippen molar-refractivity contribution in [1.29, 1.82) is 0 Å². The molecule has 0 aliphatic heterocycles. The third-order valence-corrected chi connectivity index (χ3v) is 14.3. The summed E-state index contributed by atoms with van der Waals surface area (Å²) in [7, 11) is 0. The molecular weight excluding hydrogens is 414 g/mol. The van der Waals surface area contributed by atoms with Crippen molar-refractivity contribution in [2.75, 3.05) is 0 Å². The van der Waals surface area contributed by atoms with E-state index in [2.05, 4.69) is 53.0 Å². The summed E-state index contributed by atoms with van der Waals surface area (Å²) in [6, 6.07) is 2.42. The van der Waals surface area contributed by atoms with Crippen LogP contribution in [0.5, 0.6) is 0 Å². The number of rotatable bonds is 2. The number of hydrogen-bond donors (Lipinski definition) is 0. The van der Waals surface area contributed by atoms with E-state index in [0.717, 1.165) is 0 Å². The van der Waals surface area contributed by atoms with Crippen LogP contribution in [-0.2, 0) is 0 Å². The number of hydrogen-bond acceptors (Lipinski definition) is 1. The van der Waals surface area contributed by atoms with Gasteiger partial charge in [0.2, 0.25) is 0 Å². The van der Waals surface area contributed by atoms with Gasteiger partial charge >= 0.3 is 120 Å². The monoisotopic (exact) mass is 436 g/mol. The Morgan fingerprint density at radius 1 is 0.933 bits per heavy atom. The van der Waals surface area contributed by atoms with E-state index in [0.29, 0.717) is 6.86 Å². The van der Waals surface area contributed by atoms with E-state index in [9.17, 15) is 0 Å². The Hall–Kier alpha value is 1.30. The topological polar surface area (TPSA) is 0 Å². The number of thiophene rings is 1. The van der Waals surface area contributed by atoms with Gasteiger partial charge in [0, 0.05) is 0 Å². The van der Waals surface area contributed by atoms with E-state index in [1.54, 1.807) is 3.58 Å². The Morgan fingerprint density at radius 2 is 1.47 bits per heavy atom. The van der Waals surface area contributed by atoms with E-state index in [1.807, 2.05) is 14.2 Å².